The Labute approximate surface area is 226 Å². The van der Waals surface area contributed by atoms with Crippen LogP contribution in [0.15, 0.2) is 11.4 Å². The predicted octanol–water partition coefficient (Wildman–Crippen LogP) is 0.00850. The van der Waals surface area contributed by atoms with E-state index in [1.54, 1.807) is 0 Å². The highest BCUT2D eigenvalue weighted by molar-refractivity contribution is 7.80. The maximum atomic E-state index is 12.0. The second-order valence-electron chi connectivity index (χ2n) is 8.26. The number of rotatable bonds is 15. The maximum absolute atomic E-state index is 12.0. The van der Waals surface area contributed by atoms with Crippen LogP contribution >= 0.6 is 36.1 Å². The summed E-state index contributed by atoms with van der Waals surface area (Å²) in [5.74, 6) is 0.227. The van der Waals surface area contributed by atoms with Gasteiger partial charge in [0, 0.05) is 6.54 Å². The Balaban J connectivity index is 1.68. The molecular formula is C16H29N6O13P3S. The molecule has 0 aliphatic carbocycles. The number of nitrogens with one attached hydrogen (secondary N) is 1. The molecule has 19 nitrogen and oxygen atoms in total. The van der Waals surface area contributed by atoms with E-state index < -0.39 is 54.6 Å². The van der Waals surface area contributed by atoms with Crippen molar-refractivity contribution < 1.29 is 61.4 Å². The number of nitrogens with zero attached hydrogens (tertiary/aromatic N) is 4. The highest BCUT2D eigenvalue weighted by Crippen LogP contribution is 2.66. The average molecular weight is 638 g/mol. The number of hydrogen-bond acceptors (Lipinski definition) is 15. The van der Waals surface area contributed by atoms with E-state index in [9.17, 15) is 33.7 Å². The molecule has 6 atom stereocenters. The summed E-state index contributed by atoms with van der Waals surface area (Å²) in [4.78, 5) is 48.8. The van der Waals surface area contributed by atoms with E-state index in [1.165, 1.54) is 10.9 Å². The molecule has 1 fully saturated rings. The summed E-state index contributed by atoms with van der Waals surface area (Å²) in [6.07, 6.45) is -1.12. The molecule has 0 amide bonds. The first-order valence-corrected chi connectivity index (χ1v) is 16.3. The fourth-order valence-electron chi connectivity index (χ4n) is 3.56. The Morgan fingerprint density at radius 2 is 1.72 bits per heavy atom. The van der Waals surface area contributed by atoms with E-state index in [1.807, 2.05) is 0 Å². The number of unbranched alkanes of at least 4 members (excludes halogenated alkanes) is 3. The van der Waals surface area contributed by atoms with Crippen LogP contribution in [0.2, 0.25) is 0 Å². The lowest BCUT2D eigenvalue weighted by Crippen LogP contribution is -2.33. The molecule has 2 aromatic rings. The molecule has 1 saturated heterocycles. The first-order valence-electron chi connectivity index (χ1n) is 11.3. The van der Waals surface area contributed by atoms with Crippen LogP contribution in [0.25, 0.3) is 11.2 Å². The molecule has 3 heterocycles. The van der Waals surface area contributed by atoms with Crippen LogP contribution in [0.3, 0.4) is 0 Å². The summed E-state index contributed by atoms with van der Waals surface area (Å²) in [5.41, 5.74) is 5.93. The number of anilines is 1. The minimum atomic E-state index is -5.73. The van der Waals surface area contributed by atoms with Crippen LogP contribution in [-0.4, -0.2) is 87.3 Å². The number of thiol groups is 1. The van der Waals surface area contributed by atoms with Crippen molar-refractivity contribution in [1.82, 2.24) is 19.5 Å². The molecule has 1 aliphatic heterocycles. The Morgan fingerprint density at radius 3 is 2.38 bits per heavy atom. The summed E-state index contributed by atoms with van der Waals surface area (Å²) in [6.45, 7) is 0.235. The molecular weight excluding hydrogens is 609 g/mol. The zero-order chi connectivity index (χ0) is 29.0. The second kappa shape index (κ2) is 13.3. The van der Waals surface area contributed by atoms with Gasteiger partial charge in [-0.15, -0.1) is 12.6 Å². The van der Waals surface area contributed by atoms with Crippen LogP contribution in [0.5, 0.6) is 0 Å². The van der Waals surface area contributed by atoms with Crippen molar-refractivity contribution in [2.24, 2.45) is 5.73 Å². The summed E-state index contributed by atoms with van der Waals surface area (Å²) < 4.78 is 52.8. The molecule has 0 bridgehead atoms. The molecule has 0 radical (unpaired) electrons. The standard InChI is InChI=1S/C16H29N6O13P3S/c17-5-3-1-2-4-6-18-16-20-13-10(14(39)21-16)19-8-22(13)15-12(24)11(23)9(33-15)7-32-37(28,29)35-38(30,31)34-36(25,26)27/h8-9,11-12,15,23-24H,1-7,17H2,(H,28,29)(H,30,31)(H2,25,26,27)(H2,18,20,21,39)/t9-,11+,12?,15-/m1/s1. The molecule has 3 rings (SSSR count). The summed E-state index contributed by atoms with van der Waals surface area (Å²) in [7, 11) is -16.8. The van der Waals surface area contributed by atoms with Crippen molar-refractivity contribution in [3.05, 3.63) is 6.33 Å². The molecule has 39 heavy (non-hydrogen) atoms. The van der Waals surface area contributed by atoms with E-state index in [-0.39, 0.29) is 22.1 Å². The van der Waals surface area contributed by atoms with Gasteiger partial charge in [-0.2, -0.15) is 13.6 Å². The Hall–Kier alpha value is -1.05. The molecule has 0 saturated carbocycles. The van der Waals surface area contributed by atoms with Gasteiger partial charge in [-0.1, -0.05) is 12.8 Å². The fourth-order valence-corrected chi connectivity index (χ4v) is 6.84. The lowest BCUT2D eigenvalue weighted by Gasteiger charge is -2.19. The monoisotopic (exact) mass is 638 g/mol. The van der Waals surface area contributed by atoms with Gasteiger partial charge in [0.2, 0.25) is 5.95 Å². The smallest absolute Gasteiger partial charge is 0.387 e. The predicted molar refractivity (Wildman–Crippen MR) is 134 cm³/mol. The van der Waals surface area contributed by atoms with E-state index >= 15 is 0 Å². The summed E-state index contributed by atoms with van der Waals surface area (Å²) >= 11 is 4.32. The van der Waals surface area contributed by atoms with Crippen LogP contribution in [0, 0.1) is 0 Å². The van der Waals surface area contributed by atoms with Crippen LogP contribution in [0.4, 0.5) is 5.95 Å². The van der Waals surface area contributed by atoms with Crippen molar-refractivity contribution in [2.45, 2.75) is 55.2 Å². The minimum absolute atomic E-state index is 0.186. The van der Waals surface area contributed by atoms with E-state index in [0.717, 1.165) is 25.7 Å². The quantitative estimate of drug-likeness (QED) is 0.0537. The SMILES string of the molecule is NCCCCCCNc1nc(S)c2ncn([C@@H]3O[C@H](COP(=O)(O)OP(=O)(O)OP(=O)(O)O)[C@H](O)C3O)c2n1. The number of aliphatic hydroxyl groups excluding tert-OH is 2. The first kappa shape index (κ1) is 32.5. The number of phosphoric ester groups is 1. The van der Waals surface area contributed by atoms with Gasteiger partial charge in [-0.25, -0.2) is 23.7 Å². The van der Waals surface area contributed by atoms with Crippen molar-refractivity contribution in [1.29, 1.82) is 0 Å². The average Bonchev–Trinajstić information content (AvgIpc) is 3.34. The van der Waals surface area contributed by atoms with Crippen molar-refractivity contribution in [3.8, 4) is 0 Å². The highest BCUT2D eigenvalue weighted by Gasteiger charge is 2.47. The molecule has 222 valence electrons. The number of imidazole rings is 1. The lowest BCUT2D eigenvalue weighted by molar-refractivity contribution is -0.0503. The molecule has 23 heteroatoms. The second-order valence-corrected chi connectivity index (χ2v) is 13.1. The third-order valence-electron chi connectivity index (χ3n) is 5.25. The van der Waals surface area contributed by atoms with Gasteiger partial charge >= 0.3 is 23.5 Å². The number of fused-ring (bicyclic) bond motifs is 1. The molecule has 0 aromatic carbocycles. The Morgan fingerprint density at radius 1 is 1.03 bits per heavy atom. The number of hydrogen-bond donors (Lipinski definition) is 9. The normalized spacial score (nSPS) is 25.0. The minimum Gasteiger partial charge on any atom is -0.387 e. The van der Waals surface area contributed by atoms with Crippen molar-refractivity contribution >= 4 is 53.2 Å². The van der Waals surface area contributed by atoms with Crippen LogP contribution in [0.1, 0.15) is 31.9 Å². The molecule has 0 spiro atoms. The number of phosphoric acid groups is 3. The van der Waals surface area contributed by atoms with Gasteiger partial charge in [0.25, 0.3) is 0 Å². The zero-order valence-corrected chi connectivity index (χ0v) is 23.6. The van der Waals surface area contributed by atoms with Crippen LogP contribution in [-0.2, 0) is 31.6 Å². The van der Waals surface area contributed by atoms with Crippen LogP contribution < -0.4 is 11.1 Å². The fraction of sp³-hybridized carbons (Fsp3) is 0.688. The largest absolute Gasteiger partial charge is 0.490 e. The Kier molecular flexibility index (Phi) is 11.1. The summed E-state index contributed by atoms with van der Waals surface area (Å²) in [5, 5.41) is 24.3. The third kappa shape index (κ3) is 9.22. The highest BCUT2D eigenvalue weighted by atomic mass is 32.1. The van der Waals surface area contributed by atoms with E-state index in [0.29, 0.717) is 13.1 Å². The van der Waals surface area contributed by atoms with E-state index in [2.05, 4.69) is 46.0 Å². The maximum Gasteiger partial charge on any atom is 0.490 e. The van der Waals surface area contributed by atoms with Gasteiger partial charge in [-0.05, 0) is 19.4 Å². The lowest BCUT2D eigenvalue weighted by atomic mass is 10.1. The molecule has 9 N–H and O–H groups in total. The van der Waals surface area contributed by atoms with Gasteiger partial charge < -0.3 is 45.6 Å². The number of aliphatic hydroxyl groups is 2. The Bertz CT molecular complexity index is 1280. The van der Waals surface area contributed by atoms with Gasteiger partial charge in [-0.3, -0.25) is 9.09 Å². The van der Waals surface area contributed by atoms with Gasteiger partial charge in [0.15, 0.2) is 11.9 Å². The first-order chi connectivity index (χ1) is 18.1. The topological polar surface area (TPSA) is 291 Å². The van der Waals surface area contributed by atoms with Gasteiger partial charge in [0.1, 0.15) is 28.9 Å². The molecule has 3 unspecified atom stereocenters. The molecule has 2 aromatic heterocycles. The van der Waals surface area contributed by atoms with E-state index in [4.69, 9.17) is 20.3 Å². The van der Waals surface area contributed by atoms with Gasteiger partial charge in [0.05, 0.1) is 12.9 Å². The number of aromatic nitrogens is 4. The van der Waals surface area contributed by atoms with Crippen molar-refractivity contribution in [3.63, 3.8) is 0 Å². The number of ether oxygens (including phenoxy) is 1. The summed E-state index contributed by atoms with van der Waals surface area (Å²) in [6, 6.07) is 0. The number of nitrogens with two attached hydrogens (primary N) is 1. The zero-order valence-electron chi connectivity index (χ0n) is 20.0. The third-order valence-corrected chi connectivity index (χ3v) is 9.36. The molecule has 1 aliphatic rings. The van der Waals surface area contributed by atoms with Crippen molar-refractivity contribution in [2.75, 3.05) is 25.0 Å².